The lowest BCUT2D eigenvalue weighted by Gasteiger charge is -2.05. The Balaban J connectivity index is 0. The fraction of sp³-hybridized carbons (Fsp3) is 0.263. The van der Waals surface area contributed by atoms with E-state index in [1.807, 2.05) is 20.9 Å². The molecule has 26 heavy (non-hydrogen) atoms. The smallest absolute Gasteiger partial charge is 0.256 e. The molecule has 1 aliphatic rings. The van der Waals surface area contributed by atoms with E-state index in [0.717, 1.165) is 5.56 Å². The number of nitrogens with one attached hydrogen (secondary N) is 4. The van der Waals surface area contributed by atoms with Crippen molar-refractivity contribution < 1.29 is 19.7 Å². The molecule has 0 bridgehead atoms. The second-order valence-corrected chi connectivity index (χ2v) is 6.23. The number of anilines is 1. The molecule has 1 aromatic heterocycles. The monoisotopic (exact) mass is 364 g/mol. The fourth-order valence-electron chi connectivity index (χ4n) is 3.10. The number of halogens is 1. The van der Waals surface area contributed by atoms with E-state index in [1.165, 1.54) is 18.2 Å². The first-order valence-electron chi connectivity index (χ1n) is 8.37. The first kappa shape index (κ1) is 17.9. The van der Waals surface area contributed by atoms with Crippen LogP contribution < -0.4 is 16.0 Å². The number of benzene rings is 1. The van der Waals surface area contributed by atoms with Gasteiger partial charge in [-0.3, -0.25) is 9.59 Å². The van der Waals surface area contributed by atoms with Crippen LogP contribution in [0.2, 0.25) is 0 Å². The van der Waals surface area contributed by atoms with Gasteiger partial charge >= 0.3 is 0 Å². The lowest BCUT2D eigenvalue weighted by atomic mass is 10.0. The van der Waals surface area contributed by atoms with E-state index >= 15 is 0 Å². The van der Waals surface area contributed by atoms with Crippen molar-refractivity contribution in [3.8, 4) is 0 Å². The molecule has 0 aliphatic carbocycles. The lowest BCUT2D eigenvalue weighted by Crippen LogP contribution is -2.30. The first-order chi connectivity index (χ1) is 12.4. The summed E-state index contributed by atoms with van der Waals surface area (Å²) in [5.74, 6) is -0.870. The van der Waals surface area contributed by atoms with E-state index < -0.39 is 5.82 Å². The Bertz CT molecular complexity index is 931. The van der Waals surface area contributed by atoms with Crippen LogP contribution in [0.25, 0.3) is 11.6 Å². The number of rotatable bonds is 5. The number of H-pyrrole nitrogens is 1. The molecule has 0 fully saturated rings. The molecule has 0 radical (unpaired) electrons. The van der Waals surface area contributed by atoms with Gasteiger partial charge in [0, 0.05) is 41.4 Å². The van der Waals surface area contributed by atoms with Crippen molar-refractivity contribution in [2.45, 2.75) is 13.8 Å². The molecule has 4 N–H and O–H groups in total. The van der Waals surface area contributed by atoms with Crippen molar-refractivity contribution in [3.05, 3.63) is 52.1 Å². The van der Waals surface area contributed by atoms with Gasteiger partial charge in [0.25, 0.3) is 11.8 Å². The van der Waals surface area contributed by atoms with Gasteiger partial charge in [-0.2, -0.15) is 0 Å². The Kier molecular flexibility index (Phi) is 4.90. The molecule has 1 aromatic carbocycles. The Morgan fingerprint density at radius 3 is 2.81 bits per heavy atom. The van der Waals surface area contributed by atoms with E-state index in [1.54, 1.807) is 6.08 Å². The zero-order valence-corrected chi connectivity index (χ0v) is 14.9. The summed E-state index contributed by atoms with van der Waals surface area (Å²) >= 11 is 0. The average Bonchev–Trinajstić information content (AvgIpc) is 3.04. The molecule has 0 spiro atoms. The zero-order chi connectivity index (χ0) is 18.8. The van der Waals surface area contributed by atoms with Crippen molar-refractivity contribution in [1.82, 2.24) is 15.6 Å². The first-order valence-corrected chi connectivity index (χ1v) is 8.37. The highest BCUT2D eigenvalue weighted by Crippen LogP contribution is 2.34. The predicted molar refractivity (Wildman–Crippen MR) is 108 cm³/mol. The summed E-state index contributed by atoms with van der Waals surface area (Å²) in [5, 5.41) is 8.54. The number of fused-ring (bicyclic) bond motifs is 1. The summed E-state index contributed by atoms with van der Waals surface area (Å²) in [6.45, 7) is 4.82. The molecule has 1 aliphatic heterocycles. The van der Waals surface area contributed by atoms with E-state index in [-0.39, 0.29) is 17.5 Å². The van der Waals surface area contributed by atoms with Crippen LogP contribution in [-0.2, 0) is 4.79 Å². The lowest BCUT2D eigenvalue weighted by molar-refractivity contribution is -0.110. The molecule has 7 heteroatoms. The molecule has 0 saturated heterocycles. The van der Waals surface area contributed by atoms with Crippen LogP contribution >= 0.6 is 0 Å². The highest BCUT2D eigenvalue weighted by molar-refractivity contribution is 6.34. The number of carbonyl (C=O) groups excluding carboxylic acids is 2. The number of hydrogen-bond donors (Lipinski definition) is 4. The fourth-order valence-corrected chi connectivity index (χ4v) is 3.10. The van der Waals surface area contributed by atoms with E-state index in [0.29, 0.717) is 46.9 Å². The van der Waals surface area contributed by atoms with Gasteiger partial charge in [-0.15, -0.1) is 0 Å². The van der Waals surface area contributed by atoms with Crippen molar-refractivity contribution in [2.24, 2.45) is 0 Å². The third-order valence-electron chi connectivity index (χ3n) is 4.42. The molecular formula is C19H29FN4O2. The van der Waals surface area contributed by atoms with Crippen LogP contribution in [0.1, 0.15) is 38.6 Å². The van der Waals surface area contributed by atoms with Crippen LogP contribution in [0.15, 0.2) is 18.2 Å². The van der Waals surface area contributed by atoms with Crippen molar-refractivity contribution in [3.63, 3.8) is 0 Å². The number of aromatic amines is 1. The number of likely N-dealkylation sites (N-methyl/N-ethyl adjacent to an activating group) is 1. The molecule has 0 atom stereocenters. The zero-order valence-electron chi connectivity index (χ0n) is 14.9. The van der Waals surface area contributed by atoms with Crippen molar-refractivity contribution >= 4 is 29.2 Å². The van der Waals surface area contributed by atoms with Crippen LogP contribution in [0.5, 0.6) is 0 Å². The SMILES string of the molecule is CNCCNC(=O)c1c(C)[nH]c(/C=C2\C(=O)Nc3ccc(F)cc32)c1C.[HH].[HH].[HH].[HH]. The molecular weight excluding hydrogens is 335 g/mol. The summed E-state index contributed by atoms with van der Waals surface area (Å²) in [4.78, 5) is 27.8. The summed E-state index contributed by atoms with van der Waals surface area (Å²) in [7, 11) is 1.82. The minimum Gasteiger partial charge on any atom is -0.358 e. The molecule has 3 rings (SSSR count). The van der Waals surface area contributed by atoms with E-state index in [2.05, 4.69) is 20.9 Å². The molecule has 0 unspecified atom stereocenters. The van der Waals surface area contributed by atoms with Gasteiger partial charge < -0.3 is 20.9 Å². The molecule has 0 saturated carbocycles. The Morgan fingerprint density at radius 2 is 2.08 bits per heavy atom. The van der Waals surface area contributed by atoms with E-state index in [4.69, 9.17) is 0 Å². The third-order valence-corrected chi connectivity index (χ3v) is 4.42. The Hall–Kier alpha value is -2.93. The minimum atomic E-state index is -0.407. The van der Waals surface area contributed by atoms with Crippen LogP contribution in [0.4, 0.5) is 10.1 Å². The quantitative estimate of drug-likeness (QED) is 0.485. The van der Waals surface area contributed by atoms with Gasteiger partial charge in [-0.25, -0.2) is 4.39 Å². The third kappa shape index (κ3) is 3.25. The standard InChI is InChI=1S/C19H21FN4O2.4H2/c1-10-16(23-11(2)17(10)19(26)22-7-6-21-3)9-14-13-8-12(20)4-5-15(13)24-18(14)25;;;;/h4-5,8-9,21,23H,6-7H2,1-3H3,(H,22,26)(H,24,25);4*1H/b14-9-;;;;. The summed E-state index contributed by atoms with van der Waals surface area (Å²) in [6.07, 6.45) is 1.66. The molecule has 6 nitrogen and oxygen atoms in total. The van der Waals surface area contributed by atoms with Crippen molar-refractivity contribution in [1.29, 1.82) is 0 Å². The number of aromatic nitrogens is 1. The van der Waals surface area contributed by atoms with Gasteiger partial charge in [-0.05, 0) is 50.7 Å². The molecule has 2 heterocycles. The highest BCUT2D eigenvalue weighted by Gasteiger charge is 2.26. The summed E-state index contributed by atoms with van der Waals surface area (Å²) in [6, 6.07) is 4.17. The normalized spacial score (nSPS) is 14.5. The second-order valence-electron chi connectivity index (χ2n) is 6.23. The van der Waals surface area contributed by atoms with E-state index in [9.17, 15) is 14.0 Å². The van der Waals surface area contributed by atoms with Crippen LogP contribution in [0.3, 0.4) is 0 Å². The largest absolute Gasteiger partial charge is 0.358 e. The Labute approximate surface area is 156 Å². The summed E-state index contributed by atoms with van der Waals surface area (Å²) < 4.78 is 13.6. The predicted octanol–water partition coefficient (Wildman–Crippen LogP) is 3.20. The molecule has 2 aromatic rings. The molecule has 2 amide bonds. The maximum Gasteiger partial charge on any atom is 0.256 e. The highest BCUT2D eigenvalue weighted by atomic mass is 19.1. The molecule has 144 valence electrons. The number of hydrogen-bond acceptors (Lipinski definition) is 3. The number of amides is 2. The Morgan fingerprint density at radius 1 is 1.31 bits per heavy atom. The van der Waals surface area contributed by atoms with Gasteiger partial charge in [0.2, 0.25) is 0 Å². The maximum absolute atomic E-state index is 13.6. The van der Waals surface area contributed by atoms with Gasteiger partial charge in [0.05, 0.1) is 11.1 Å². The number of aryl methyl sites for hydroxylation is 1. The number of carbonyl (C=O) groups is 2. The summed E-state index contributed by atoms with van der Waals surface area (Å²) in [5.41, 5.74) is 4.14. The van der Waals surface area contributed by atoms with Gasteiger partial charge in [0.1, 0.15) is 5.82 Å². The maximum atomic E-state index is 13.6. The van der Waals surface area contributed by atoms with Gasteiger partial charge in [-0.1, -0.05) is 0 Å². The average molecular weight is 364 g/mol. The van der Waals surface area contributed by atoms with Crippen LogP contribution in [-0.4, -0.2) is 36.9 Å². The minimum absolute atomic E-state index is 0. The van der Waals surface area contributed by atoms with Crippen LogP contribution in [0, 0.1) is 19.7 Å². The van der Waals surface area contributed by atoms with Gasteiger partial charge in [0.15, 0.2) is 0 Å². The van der Waals surface area contributed by atoms with Crippen molar-refractivity contribution in [2.75, 3.05) is 25.5 Å². The second kappa shape index (κ2) is 7.13. The topological polar surface area (TPSA) is 86.0 Å².